The molecule has 0 aliphatic heterocycles. The van der Waals surface area contributed by atoms with Crippen molar-refractivity contribution in [3.8, 4) is 0 Å². The predicted octanol–water partition coefficient (Wildman–Crippen LogP) is 2.21. The first-order chi connectivity index (χ1) is 19.3. The van der Waals surface area contributed by atoms with Crippen LogP contribution in [0.15, 0.2) is 42.5 Å². The highest BCUT2D eigenvalue weighted by atomic mass is 16.2. The van der Waals surface area contributed by atoms with Gasteiger partial charge < -0.3 is 21.7 Å². The quantitative estimate of drug-likeness (QED) is 0.228. The number of Topliss-reactive ketones (excluding diaryl/α,β-unsaturated/α-hetero) is 2. The molecule has 0 aromatic heterocycles. The molecule has 0 aliphatic carbocycles. The third kappa shape index (κ3) is 10.4. The number of nitrogens with one attached hydrogen (secondary N) is 3. The summed E-state index contributed by atoms with van der Waals surface area (Å²) >= 11 is 0. The van der Waals surface area contributed by atoms with Gasteiger partial charge in [-0.15, -0.1) is 0 Å². The van der Waals surface area contributed by atoms with E-state index in [4.69, 9.17) is 5.73 Å². The number of fused-ring (bicyclic) bond motifs is 1. The summed E-state index contributed by atoms with van der Waals surface area (Å²) in [5, 5.41) is 9.59. The fourth-order valence-corrected chi connectivity index (χ4v) is 4.58. The van der Waals surface area contributed by atoms with E-state index in [0.717, 1.165) is 16.3 Å². The molecule has 0 saturated carbocycles. The van der Waals surface area contributed by atoms with Crippen LogP contribution in [0.25, 0.3) is 10.8 Å². The minimum absolute atomic E-state index is 0.0927. The Morgan fingerprint density at radius 1 is 0.902 bits per heavy atom. The number of hydrogen-bond donors (Lipinski definition) is 4. The molecule has 4 amide bonds. The molecule has 4 unspecified atom stereocenters. The van der Waals surface area contributed by atoms with Crippen molar-refractivity contribution < 1.29 is 28.8 Å². The predicted molar refractivity (Wildman–Crippen MR) is 156 cm³/mol. The third-order valence-corrected chi connectivity index (χ3v) is 7.04. The van der Waals surface area contributed by atoms with Crippen molar-refractivity contribution in [3.63, 3.8) is 0 Å². The van der Waals surface area contributed by atoms with E-state index >= 15 is 0 Å². The van der Waals surface area contributed by atoms with Crippen LogP contribution in [0.3, 0.4) is 0 Å². The molecule has 0 fully saturated rings. The first-order valence-electron chi connectivity index (χ1n) is 14.0. The smallest absolute Gasteiger partial charge is 0.289 e. The van der Waals surface area contributed by atoms with Crippen LogP contribution in [-0.2, 0) is 35.2 Å². The molecule has 4 atom stereocenters. The molecule has 10 heteroatoms. The van der Waals surface area contributed by atoms with Gasteiger partial charge in [0, 0.05) is 19.3 Å². The van der Waals surface area contributed by atoms with Gasteiger partial charge in [-0.3, -0.25) is 28.8 Å². The lowest BCUT2D eigenvalue weighted by Gasteiger charge is -2.26. The van der Waals surface area contributed by atoms with Gasteiger partial charge in [-0.2, -0.15) is 0 Å². The molecule has 2 aromatic carbocycles. The second-order valence-electron chi connectivity index (χ2n) is 11.0. The van der Waals surface area contributed by atoms with E-state index < -0.39 is 53.8 Å². The van der Waals surface area contributed by atoms with Crippen molar-refractivity contribution >= 4 is 46.0 Å². The SMILES string of the molecule is CCC(C)C(NC(=O)C(CC(C)C)NC(C)=O)C(=O)C(=O)NCC(=O)CC(Cc1ccc2ccccc2c1)C(N)=O. The van der Waals surface area contributed by atoms with E-state index in [2.05, 4.69) is 16.0 Å². The zero-order valence-electron chi connectivity index (χ0n) is 24.5. The number of ketones is 2. The van der Waals surface area contributed by atoms with Gasteiger partial charge in [-0.05, 0) is 41.0 Å². The van der Waals surface area contributed by atoms with E-state index in [0.29, 0.717) is 12.8 Å². The van der Waals surface area contributed by atoms with Crippen molar-refractivity contribution in [2.45, 2.75) is 72.4 Å². The average molecular weight is 567 g/mol. The van der Waals surface area contributed by atoms with Gasteiger partial charge in [-0.25, -0.2) is 0 Å². The Labute approximate surface area is 241 Å². The molecule has 0 radical (unpaired) electrons. The summed E-state index contributed by atoms with van der Waals surface area (Å²) in [7, 11) is 0. The molecule has 2 rings (SSSR count). The van der Waals surface area contributed by atoms with Gasteiger partial charge in [0.15, 0.2) is 5.78 Å². The summed E-state index contributed by atoms with van der Waals surface area (Å²) < 4.78 is 0. The molecule has 0 heterocycles. The monoisotopic (exact) mass is 566 g/mol. The second-order valence-corrected chi connectivity index (χ2v) is 11.0. The molecule has 0 aliphatic rings. The highest BCUT2D eigenvalue weighted by Crippen LogP contribution is 2.19. The van der Waals surface area contributed by atoms with Gasteiger partial charge >= 0.3 is 0 Å². The third-order valence-electron chi connectivity index (χ3n) is 7.04. The average Bonchev–Trinajstić information content (AvgIpc) is 2.92. The lowest BCUT2D eigenvalue weighted by atomic mass is 9.92. The van der Waals surface area contributed by atoms with Gasteiger partial charge in [-0.1, -0.05) is 76.6 Å². The number of rotatable bonds is 16. The minimum atomic E-state index is -1.14. The number of carbonyl (C=O) groups excluding carboxylic acids is 6. The molecule has 222 valence electrons. The number of nitrogens with two attached hydrogens (primary N) is 1. The Kier molecular flexibility index (Phi) is 12.6. The van der Waals surface area contributed by atoms with E-state index in [1.54, 1.807) is 6.92 Å². The molecule has 41 heavy (non-hydrogen) atoms. The molecular formula is C31H42N4O6. The summed E-state index contributed by atoms with van der Waals surface area (Å²) in [4.78, 5) is 75.1. The Balaban J connectivity index is 2.02. The topological polar surface area (TPSA) is 165 Å². The zero-order chi connectivity index (χ0) is 30.7. The molecule has 0 saturated heterocycles. The number of carbonyl (C=O) groups is 6. The van der Waals surface area contributed by atoms with E-state index in [9.17, 15) is 28.8 Å². The second kappa shape index (κ2) is 15.6. The molecule has 0 spiro atoms. The number of hydrogen-bond acceptors (Lipinski definition) is 6. The summed E-state index contributed by atoms with van der Waals surface area (Å²) in [5.74, 6) is -5.02. The summed E-state index contributed by atoms with van der Waals surface area (Å²) in [5.41, 5.74) is 6.42. The normalized spacial score (nSPS) is 14.0. The molecule has 10 nitrogen and oxygen atoms in total. The highest BCUT2D eigenvalue weighted by Gasteiger charge is 2.33. The summed E-state index contributed by atoms with van der Waals surface area (Å²) in [6.45, 7) is 8.17. The fraction of sp³-hybridized carbons (Fsp3) is 0.484. The number of amides is 4. The van der Waals surface area contributed by atoms with Crippen molar-refractivity contribution in [2.75, 3.05) is 6.54 Å². The van der Waals surface area contributed by atoms with Crippen LogP contribution in [0, 0.1) is 17.8 Å². The van der Waals surface area contributed by atoms with Crippen LogP contribution in [0.5, 0.6) is 0 Å². The van der Waals surface area contributed by atoms with Crippen LogP contribution in [0.2, 0.25) is 0 Å². The van der Waals surface area contributed by atoms with E-state index in [-0.39, 0.29) is 30.6 Å². The molecular weight excluding hydrogens is 524 g/mol. The lowest BCUT2D eigenvalue weighted by molar-refractivity contribution is -0.141. The summed E-state index contributed by atoms with van der Waals surface area (Å²) in [6, 6.07) is 11.5. The van der Waals surface area contributed by atoms with Crippen LogP contribution in [0.4, 0.5) is 0 Å². The number of primary amides is 1. The Morgan fingerprint density at radius 2 is 1.56 bits per heavy atom. The standard InChI is InChI=1S/C31H42N4O6/c1-6-19(4)27(35-30(40)26(13-18(2)3)34-20(5)36)28(38)31(41)33-17-25(37)16-24(29(32)39)15-21-11-12-22-9-7-8-10-23(22)14-21/h7-12,14,18-19,24,26-27H,6,13,15-17H2,1-5H3,(H2,32,39)(H,33,41)(H,34,36)(H,35,40). The maximum atomic E-state index is 13.0. The first kappa shape index (κ1) is 33.1. The Morgan fingerprint density at radius 3 is 2.15 bits per heavy atom. The van der Waals surface area contributed by atoms with Crippen LogP contribution in [-0.4, -0.2) is 53.8 Å². The van der Waals surface area contributed by atoms with Crippen molar-refractivity contribution in [1.29, 1.82) is 0 Å². The van der Waals surface area contributed by atoms with Gasteiger partial charge in [0.25, 0.3) is 5.91 Å². The zero-order valence-corrected chi connectivity index (χ0v) is 24.5. The fourth-order valence-electron chi connectivity index (χ4n) is 4.58. The van der Waals surface area contributed by atoms with Gasteiger partial charge in [0.05, 0.1) is 12.6 Å². The van der Waals surface area contributed by atoms with Gasteiger partial charge in [0.1, 0.15) is 6.04 Å². The minimum Gasteiger partial charge on any atom is -0.369 e. The highest BCUT2D eigenvalue weighted by molar-refractivity contribution is 6.38. The maximum absolute atomic E-state index is 13.0. The molecule has 0 bridgehead atoms. The van der Waals surface area contributed by atoms with Crippen LogP contribution < -0.4 is 21.7 Å². The van der Waals surface area contributed by atoms with Crippen LogP contribution >= 0.6 is 0 Å². The molecule has 2 aromatic rings. The lowest BCUT2D eigenvalue weighted by Crippen LogP contribution is -2.56. The Hall–Kier alpha value is -4.08. The van der Waals surface area contributed by atoms with Gasteiger partial charge in [0.2, 0.25) is 23.5 Å². The van der Waals surface area contributed by atoms with Crippen molar-refractivity contribution in [3.05, 3.63) is 48.0 Å². The van der Waals surface area contributed by atoms with E-state index in [1.165, 1.54) is 6.92 Å². The maximum Gasteiger partial charge on any atom is 0.289 e. The first-order valence-corrected chi connectivity index (χ1v) is 14.0. The van der Waals surface area contributed by atoms with Crippen molar-refractivity contribution in [1.82, 2.24) is 16.0 Å². The Bertz CT molecular complexity index is 1270. The van der Waals surface area contributed by atoms with Crippen molar-refractivity contribution in [2.24, 2.45) is 23.5 Å². The van der Waals surface area contributed by atoms with Crippen LogP contribution in [0.1, 0.15) is 59.4 Å². The van der Waals surface area contributed by atoms with E-state index in [1.807, 2.05) is 63.2 Å². The largest absolute Gasteiger partial charge is 0.369 e. The molecule has 5 N–H and O–H groups in total. The number of benzene rings is 2. The summed E-state index contributed by atoms with van der Waals surface area (Å²) in [6.07, 6.45) is 0.906.